The zero-order valence-corrected chi connectivity index (χ0v) is 8.74. The number of hydrogen-bond donors (Lipinski definition) is 1. The van der Waals surface area contributed by atoms with Gasteiger partial charge in [0.05, 0.1) is 5.69 Å². The van der Waals surface area contributed by atoms with E-state index in [9.17, 15) is 4.39 Å². The standard InChI is InChI=1S/C10H13ClFN/c1-10(2,3)13-9-6-7(11)4-5-8(9)12/h4-6,13H,1-3H3. The molecule has 0 aliphatic carbocycles. The molecule has 1 N–H and O–H groups in total. The van der Waals surface area contributed by atoms with Gasteiger partial charge in [0, 0.05) is 10.6 Å². The van der Waals surface area contributed by atoms with Crippen LogP contribution in [0.15, 0.2) is 18.2 Å². The zero-order chi connectivity index (χ0) is 10.1. The molecule has 0 saturated heterocycles. The summed E-state index contributed by atoms with van der Waals surface area (Å²) in [7, 11) is 0. The molecule has 0 bridgehead atoms. The van der Waals surface area contributed by atoms with Crippen LogP contribution < -0.4 is 5.32 Å². The van der Waals surface area contributed by atoms with Crippen LogP contribution in [0.1, 0.15) is 20.8 Å². The van der Waals surface area contributed by atoms with Gasteiger partial charge in [-0.15, -0.1) is 0 Å². The zero-order valence-electron chi connectivity index (χ0n) is 7.99. The highest BCUT2D eigenvalue weighted by Gasteiger charge is 2.12. The highest BCUT2D eigenvalue weighted by molar-refractivity contribution is 6.30. The van der Waals surface area contributed by atoms with Gasteiger partial charge >= 0.3 is 0 Å². The quantitative estimate of drug-likeness (QED) is 0.731. The molecule has 0 unspecified atom stereocenters. The predicted octanol–water partition coefficient (Wildman–Crippen LogP) is 3.69. The third kappa shape index (κ3) is 3.23. The van der Waals surface area contributed by atoms with Gasteiger partial charge in [-0.1, -0.05) is 11.6 Å². The average molecular weight is 202 g/mol. The Labute approximate surface area is 82.9 Å². The number of rotatable bonds is 1. The summed E-state index contributed by atoms with van der Waals surface area (Å²) in [4.78, 5) is 0. The third-order valence-electron chi connectivity index (χ3n) is 1.44. The van der Waals surface area contributed by atoms with Crippen molar-refractivity contribution in [2.45, 2.75) is 26.3 Å². The van der Waals surface area contributed by atoms with Crippen LogP contribution >= 0.6 is 11.6 Å². The Balaban J connectivity index is 2.94. The molecule has 0 fully saturated rings. The molecule has 3 heteroatoms. The number of benzene rings is 1. The molecule has 1 rings (SSSR count). The maximum atomic E-state index is 13.2. The molecule has 13 heavy (non-hydrogen) atoms. The SMILES string of the molecule is CC(C)(C)Nc1cc(Cl)ccc1F. The van der Waals surface area contributed by atoms with Crippen LogP contribution in [0.4, 0.5) is 10.1 Å². The van der Waals surface area contributed by atoms with E-state index < -0.39 is 0 Å². The Kier molecular flexibility index (Phi) is 2.81. The van der Waals surface area contributed by atoms with E-state index in [1.807, 2.05) is 20.8 Å². The van der Waals surface area contributed by atoms with E-state index in [-0.39, 0.29) is 11.4 Å². The molecule has 0 aromatic heterocycles. The summed E-state index contributed by atoms with van der Waals surface area (Å²) in [5.41, 5.74) is 0.283. The largest absolute Gasteiger partial charge is 0.378 e. The van der Waals surface area contributed by atoms with Crippen molar-refractivity contribution < 1.29 is 4.39 Å². The fourth-order valence-electron chi connectivity index (χ4n) is 0.997. The maximum absolute atomic E-state index is 13.2. The van der Waals surface area contributed by atoms with Crippen molar-refractivity contribution in [2.75, 3.05) is 5.32 Å². The van der Waals surface area contributed by atoms with Crippen LogP contribution in [-0.2, 0) is 0 Å². The lowest BCUT2D eigenvalue weighted by atomic mass is 10.1. The van der Waals surface area contributed by atoms with Crippen LogP contribution in [0.25, 0.3) is 0 Å². The van der Waals surface area contributed by atoms with Crippen molar-refractivity contribution in [1.82, 2.24) is 0 Å². The predicted molar refractivity (Wildman–Crippen MR) is 54.8 cm³/mol. The minimum Gasteiger partial charge on any atom is -0.378 e. The first kappa shape index (κ1) is 10.3. The maximum Gasteiger partial charge on any atom is 0.146 e. The number of hydrogen-bond acceptors (Lipinski definition) is 1. The summed E-state index contributed by atoms with van der Waals surface area (Å²) in [6.45, 7) is 5.90. The lowest BCUT2D eigenvalue weighted by molar-refractivity contribution is 0.598. The topological polar surface area (TPSA) is 12.0 Å². The highest BCUT2D eigenvalue weighted by Crippen LogP contribution is 2.22. The van der Waals surface area contributed by atoms with E-state index in [1.165, 1.54) is 12.1 Å². The second-order valence-corrected chi connectivity index (χ2v) is 4.44. The molecule has 0 heterocycles. The second kappa shape index (κ2) is 3.54. The van der Waals surface area contributed by atoms with Crippen LogP contribution in [0.2, 0.25) is 5.02 Å². The smallest absolute Gasteiger partial charge is 0.146 e. The van der Waals surface area contributed by atoms with Gasteiger partial charge in [0.15, 0.2) is 0 Å². The van der Waals surface area contributed by atoms with Gasteiger partial charge in [0.2, 0.25) is 0 Å². The van der Waals surface area contributed by atoms with Crippen LogP contribution in [-0.4, -0.2) is 5.54 Å². The number of nitrogens with one attached hydrogen (secondary N) is 1. The Bertz CT molecular complexity index is 304. The molecule has 0 atom stereocenters. The Hall–Kier alpha value is -0.760. The molecule has 0 saturated carbocycles. The minimum absolute atomic E-state index is 0.161. The summed E-state index contributed by atoms with van der Waals surface area (Å²) in [5.74, 6) is -0.278. The number of anilines is 1. The molecular weight excluding hydrogens is 189 g/mol. The lowest BCUT2D eigenvalue weighted by Crippen LogP contribution is -2.26. The summed E-state index contributed by atoms with van der Waals surface area (Å²) < 4.78 is 13.2. The first-order valence-corrected chi connectivity index (χ1v) is 4.49. The Morgan fingerprint density at radius 2 is 1.92 bits per heavy atom. The van der Waals surface area contributed by atoms with Crippen molar-refractivity contribution in [2.24, 2.45) is 0 Å². The fourth-order valence-corrected chi connectivity index (χ4v) is 1.17. The van der Waals surface area contributed by atoms with Crippen molar-refractivity contribution in [1.29, 1.82) is 0 Å². The van der Waals surface area contributed by atoms with E-state index in [1.54, 1.807) is 6.07 Å². The van der Waals surface area contributed by atoms with Crippen LogP contribution in [0, 0.1) is 5.82 Å². The molecule has 0 aliphatic rings. The van der Waals surface area contributed by atoms with Gasteiger partial charge in [-0.3, -0.25) is 0 Å². The summed E-state index contributed by atoms with van der Waals surface area (Å²) >= 11 is 5.74. The van der Waals surface area contributed by atoms with Crippen LogP contribution in [0.5, 0.6) is 0 Å². The van der Waals surface area contributed by atoms with E-state index in [2.05, 4.69) is 5.32 Å². The summed E-state index contributed by atoms with van der Waals surface area (Å²) in [6.07, 6.45) is 0. The average Bonchev–Trinajstić information content (AvgIpc) is 1.94. The molecule has 72 valence electrons. The molecule has 1 aromatic rings. The number of halogens is 2. The van der Waals surface area contributed by atoms with E-state index in [4.69, 9.17) is 11.6 Å². The van der Waals surface area contributed by atoms with E-state index >= 15 is 0 Å². The minimum atomic E-state index is -0.278. The van der Waals surface area contributed by atoms with Crippen molar-refractivity contribution in [3.8, 4) is 0 Å². The summed E-state index contributed by atoms with van der Waals surface area (Å²) in [5, 5.41) is 3.57. The molecule has 0 aliphatic heterocycles. The summed E-state index contributed by atoms with van der Waals surface area (Å²) in [6, 6.07) is 4.48. The van der Waals surface area contributed by atoms with E-state index in [0.717, 1.165) is 0 Å². The second-order valence-electron chi connectivity index (χ2n) is 4.00. The lowest BCUT2D eigenvalue weighted by Gasteiger charge is -2.22. The molecular formula is C10H13ClFN. The van der Waals surface area contributed by atoms with Gasteiger partial charge in [-0.2, -0.15) is 0 Å². The van der Waals surface area contributed by atoms with Crippen molar-refractivity contribution >= 4 is 17.3 Å². The molecule has 1 aromatic carbocycles. The normalized spacial score (nSPS) is 11.5. The van der Waals surface area contributed by atoms with Gasteiger partial charge in [0.25, 0.3) is 0 Å². The molecule has 0 radical (unpaired) electrons. The van der Waals surface area contributed by atoms with Gasteiger partial charge in [0.1, 0.15) is 5.82 Å². The third-order valence-corrected chi connectivity index (χ3v) is 1.67. The first-order valence-electron chi connectivity index (χ1n) is 4.12. The van der Waals surface area contributed by atoms with Gasteiger partial charge in [-0.25, -0.2) is 4.39 Å². The molecule has 0 spiro atoms. The van der Waals surface area contributed by atoms with Gasteiger partial charge in [-0.05, 0) is 39.0 Å². The molecule has 1 nitrogen and oxygen atoms in total. The highest BCUT2D eigenvalue weighted by atomic mass is 35.5. The van der Waals surface area contributed by atoms with Gasteiger partial charge < -0.3 is 5.32 Å². The van der Waals surface area contributed by atoms with Crippen molar-refractivity contribution in [3.63, 3.8) is 0 Å². The monoisotopic (exact) mass is 201 g/mol. The van der Waals surface area contributed by atoms with Crippen molar-refractivity contribution in [3.05, 3.63) is 29.0 Å². The van der Waals surface area contributed by atoms with Crippen LogP contribution in [0.3, 0.4) is 0 Å². The Morgan fingerprint density at radius 1 is 1.31 bits per heavy atom. The molecule has 0 amide bonds. The fraction of sp³-hybridized carbons (Fsp3) is 0.400. The Morgan fingerprint density at radius 3 is 2.46 bits per heavy atom. The van der Waals surface area contributed by atoms with E-state index in [0.29, 0.717) is 10.7 Å². The first-order chi connectivity index (χ1) is 5.88.